The van der Waals surface area contributed by atoms with E-state index in [9.17, 15) is 32.6 Å². The number of hydrogen-bond donors (Lipinski definition) is 2. The molecule has 210 valence electrons. The van der Waals surface area contributed by atoms with Gasteiger partial charge in [0.05, 0.1) is 23.6 Å². The van der Waals surface area contributed by atoms with E-state index in [2.05, 4.69) is 4.98 Å². The number of aromatic nitrogens is 1. The molecular weight excluding hydrogens is 536 g/mol. The Balaban J connectivity index is 1.36. The first-order valence-electron chi connectivity index (χ1n) is 12.7. The molecule has 0 aliphatic carbocycles. The lowest BCUT2D eigenvalue weighted by Gasteiger charge is -2.38. The number of carboxylic acids is 1. The predicted molar refractivity (Wildman–Crippen MR) is 140 cm³/mol. The fraction of sp³-hybridized carbons (Fsp3) is 0.429. The number of piperidine rings is 1. The number of rotatable bonds is 11. The van der Waals surface area contributed by atoms with Gasteiger partial charge in [-0.3, -0.25) is 9.78 Å². The van der Waals surface area contributed by atoms with Gasteiger partial charge in [-0.2, -0.15) is 0 Å². The lowest BCUT2D eigenvalue weighted by atomic mass is 9.79. The maximum absolute atomic E-state index is 14.0. The Kier molecular flexibility index (Phi) is 9.68. The summed E-state index contributed by atoms with van der Waals surface area (Å²) in [5, 5.41) is 21.3. The van der Waals surface area contributed by atoms with Crippen LogP contribution in [0.2, 0.25) is 0 Å². The van der Waals surface area contributed by atoms with Crippen molar-refractivity contribution in [2.45, 2.75) is 36.7 Å². The van der Waals surface area contributed by atoms with Crippen LogP contribution in [0.15, 0.2) is 41.4 Å². The summed E-state index contributed by atoms with van der Waals surface area (Å²) < 4.78 is 59.9. The molecule has 0 saturated carbocycles. The second kappa shape index (κ2) is 13.0. The minimum Gasteiger partial charge on any atom is -0.497 e. The lowest BCUT2D eigenvalue weighted by Crippen LogP contribution is -2.42. The average Bonchev–Trinajstić information content (AvgIpc) is 2.92. The molecule has 2 N–H and O–H groups in total. The number of pyridine rings is 1. The number of thioether (sulfide) groups is 1. The van der Waals surface area contributed by atoms with Gasteiger partial charge in [0.25, 0.3) is 0 Å². The van der Waals surface area contributed by atoms with E-state index in [0.717, 1.165) is 28.2 Å². The highest BCUT2D eigenvalue weighted by Crippen LogP contribution is 2.35. The van der Waals surface area contributed by atoms with Crippen LogP contribution >= 0.6 is 11.8 Å². The SMILES string of the molecule is COc1ccc2nccc([C@@H](O)CC[C@@H]3CCN(CCSc4c(F)cc(F)c(F)c4F)C[C@@H]3CC(=O)O)c2c1. The molecule has 2 heterocycles. The zero-order valence-corrected chi connectivity index (χ0v) is 22.2. The number of carboxylic acid groups (broad SMARTS) is 1. The van der Waals surface area contributed by atoms with Crippen molar-refractivity contribution in [2.24, 2.45) is 11.8 Å². The minimum atomic E-state index is -1.71. The van der Waals surface area contributed by atoms with Crippen molar-refractivity contribution in [3.63, 3.8) is 0 Å². The summed E-state index contributed by atoms with van der Waals surface area (Å²) in [6, 6.07) is 7.58. The van der Waals surface area contributed by atoms with Crippen LogP contribution in [0.25, 0.3) is 10.9 Å². The van der Waals surface area contributed by atoms with Crippen LogP contribution in [0.4, 0.5) is 17.6 Å². The summed E-state index contributed by atoms with van der Waals surface area (Å²) >= 11 is 0.760. The number of nitrogens with zero attached hydrogens (tertiary/aromatic N) is 2. The Labute approximate surface area is 228 Å². The molecule has 3 atom stereocenters. The van der Waals surface area contributed by atoms with Crippen molar-refractivity contribution >= 4 is 28.6 Å². The molecule has 3 aromatic rings. The molecular formula is C28H30F4N2O4S. The molecule has 6 nitrogen and oxygen atoms in total. The van der Waals surface area contributed by atoms with Crippen LogP contribution < -0.4 is 4.74 Å². The number of fused-ring (bicyclic) bond motifs is 1. The standard InChI is InChI=1S/C28H30F4N2O4S/c1-38-18-3-4-23-20(13-18)19(6-8-33-23)24(35)5-2-16-7-9-34(15-17(16)12-25(36)37)10-11-39-28-22(30)14-21(29)26(31)27(28)32/h3-4,6,8,13-14,16-17,24,35H,2,5,7,9-12,15H2,1H3,(H,36,37)/t16-,17+,24+/m1/s1. The van der Waals surface area contributed by atoms with Gasteiger partial charge in [0.1, 0.15) is 11.6 Å². The molecule has 1 saturated heterocycles. The zero-order valence-electron chi connectivity index (χ0n) is 21.4. The highest BCUT2D eigenvalue weighted by atomic mass is 32.2. The number of hydrogen-bond acceptors (Lipinski definition) is 6. The third kappa shape index (κ3) is 7.01. The number of halogens is 4. The Morgan fingerprint density at radius 3 is 2.69 bits per heavy atom. The molecule has 1 aromatic heterocycles. The third-order valence-electron chi connectivity index (χ3n) is 7.29. The topological polar surface area (TPSA) is 82.9 Å². The number of ether oxygens (including phenoxy) is 1. The van der Waals surface area contributed by atoms with Crippen LogP contribution in [-0.2, 0) is 4.79 Å². The van der Waals surface area contributed by atoms with Crippen LogP contribution in [0.1, 0.15) is 37.4 Å². The van der Waals surface area contributed by atoms with Crippen LogP contribution in [-0.4, -0.2) is 58.6 Å². The van der Waals surface area contributed by atoms with Gasteiger partial charge in [-0.05, 0) is 67.5 Å². The number of carbonyl (C=O) groups is 1. The van der Waals surface area contributed by atoms with Gasteiger partial charge in [0.15, 0.2) is 17.5 Å². The highest BCUT2D eigenvalue weighted by Gasteiger charge is 2.31. The first kappa shape index (κ1) is 29.1. The largest absolute Gasteiger partial charge is 0.497 e. The van der Waals surface area contributed by atoms with E-state index in [1.807, 2.05) is 17.0 Å². The molecule has 0 bridgehead atoms. The summed E-state index contributed by atoms with van der Waals surface area (Å²) in [6.07, 6.45) is 2.63. The Hall–Kier alpha value is -2.89. The van der Waals surface area contributed by atoms with E-state index in [-0.39, 0.29) is 24.0 Å². The third-order valence-corrected chi connectivity index (χ3v) is 8.34. The van der Waals surface area contributed by atoms with Crippen molar-refractivity contribution in [3.05, 3.63) is 65.4 Å². The Bertz CT molecular complexity index is 1330. The number of methoxy groups -OCH3 is 1. The predicted octanol–water partition coefficient (Wildman–Crippen LogP) is 5.82. The van der Waals surface area contributed by atoms with E-state index < -0.39 is 40.2 Å². The van der Waals surface area contributed by atoms with E-state index >= 15 is 0 Å². The molecule has 0 unspecified atom stereocenters. The molecule has 0 radical (unpaired) electrons. The number of aliphatic hydroxyl groups excluding tert-OH is 1. The fourth-order valence-electron chi connectivity index (χ4n) is 5.24. The van der Waals surface area contributed by atoms with Crippen LogP contribution in [0.5, 0.6) is 5.75 Å². The molecule has 1 fully saturated rings. The summed E-state index contributed by atoms with van der Waals surface area (Å²) in [7, 11) is 1.57. The lowest BCUT2D eigenvalue weighted by molar-refractivity contribution is -0.139. The summed E-state index contributed by atoms with van der Waals surface area (Å²) in [6.45, 7) is 1.53. The zero-order chi connectivity index (χ0) is 28.1. The number of aliphatic carboxylic acids is 1. The van der Waals surface area contributed by atoms with E-state index in [4.69, 9.17) is 4.74 Å². The second-order valence-electron chi connectivity index (χ2n) is 9.73. The number of likely N-dealkylation sites (tertiary alicyclic amines) is 1. The summed E-state index contributed by atoms with van der Waals surface area (Å²) in [5.74, 6) is -6.11. The average molecular weight is 567 g/mol. The normalized spacial score (nSPS) is 18.8. The van der Waals surface area contributed by atoms with Gasteiger partial charge >= 0.3 is 5.97 Å². The summed E-state index contributed by atoms with van der Waals surface area (Å²) in [4.78, 5) is 17.4. The molecule has 11 heteroatoms. The van der Waals surface area contributed by atoms with E-state index in [0.29, 0.717) is 50.7 Å². The van der Waals surface area contributed by atoms with Gasteiger partial charge in [-0.15, -0.1) is 11.8 Å². The van der Waals surface area contributed by atoms with Crippen molar-refractivity contribution in [2.75, 3.05) is 32.5 Å². The number of benzene rings is 2. The van der Waals surface area contributed by atoms with Gasteiger partial charge in [0.2, 0.25) is 0 Å². The molecule has 4 rings (SSSR count). The smallest absolute Gasteiger partial charge is 0.303 e. The monoisotopic (exact) mass is 566 g/mol. The Morgan fingerprint density at radius 1 is 1.15 bits per heavy atom. The van der Waals surface area contributed by atoms with Crippen molar-refractivity contribution in [1.82, 2.24) is 9.88 Å². The maximum Gasteiger partial charge on any atom is 0.303 e. The van der Waals surface area contributed by atoms with E-state index in [1.54, 1.807) is 25.4 Å². The first-order chi connectivity index (χ1) is 18.7. The quantitative estimate of drug-likeness (QED) is 0.131. The van der Waals surface area contributed by atoms with Crippen molar-refractivity contribution < 1.29 is 37.3 Å². The van der Waals surface area contributed by atoms with Crippen LogP contribution in [0.3, 0.4) is 0 Å². The molecule has 39 heavy (non-hydrogen) atoms. The molecule has 0 spiro atoms. The highest BCUT2D eigenvalue weighted by molar-refractivity contribution is 7.99. The van der Waals surface area contributed by atoms with E-state index in [1.165, 1.54) is 0 Å². The molecule has 1 aliphatic heterocycles. The molecule has 2 aromatic carbocycles. The first-order valence-corrected chi connectivity index (χ1v) is 13.7. The molecule has 1 aliphatic rings. The van der Waals surface area contributed by atoms with Gasteiger partial charge < -0.3 is 19.8 Å². The van der Waals surface area contributed by atoms with Gasteiger partial charge in [-0.1, -0.05) is 0 Å². The van der Waals surface area contributed by atoms with Crippen LogP contribution in [0, 0.1) is 35.1 Å². The summed E-state index contributed by atoms with van der Waals surface area (Å²) in [5.41, 5.74) is 1.48. The van der Waals surface area contributed by atoms with Crippen molar-refractivity contribution in [3.8, 4) is 5.75 Å². The van der Waals surface area contributed by atoms with Crippen molar-refractivity contribution in [1.29, 1.82) is 0 Å². The maximum atomic E-state index is 14.0. The number of aliphatic hydroxyl groups is 1. The second-order valence-corrected chi connectivity index (χ2v) is 10.8. The Morgan fingerprint density at radius 2 is 1.95 bits per heavy atom. The minimum absolute atomic E-state index is 0.0355. The molecule has 0 amide bonds. The fourth-order valence-corrected chi connectivity index (χ4v) is 6.21. The van der Waals surface area contributed by atoms with Gasteiger partial charge in [-0.25, -0.2) is 17.6 Å². The van der Waals surface area contributed by atoms with Gasteiger partial charge in [0, 0.05) is 42.9 Å².